The highest BCUT2D eigenvalue weighted by atomic mass is 32.2. The quantitative estimate of drug-likeness (QED) is 0.351. The number of thioether (sulfide) groups is 1. The number of anilines is 1. The summed E-state index contributed by atoms with van der Waals surface area (Å²) in [4.78, 5) is 35.8. The molecular weight excluding hydrogens is 402 g/mol. The van der Waals surface area contributed by atoms with Crippen LogP contribution in [0, 0.1) is 12.8 Å². The number of carbonyl (C=O) groups excluding carboxylic acids is 2. The smallest absolute Gasteiger partial charge is 0.234 e. The molecule has 1 aliphatic rings. The van der Waals surface area contributed by atoms with E-state index in [1.807, 2.05) is 6.92 Å². The number of amides is 1. The maximum Gasteiger partial charge on any atom is 0.234 e. The lowest BCUT2D eigenvalue weighted by Gasteiger charge is -2.18. The fourth-order valence-corrected chi connectivity index (χ4v) is 6.06. The lowest BCUT2D eigenvalue weighted by atomic mass is 9.89. The van der Waals surface area contributed by atoms with Gasteiger partial charge in [-0.05, 0) is 56.7 Å². The van der Waals surface area contributed by atoms with E-state index in [2.05, 4.69) is 22.2 Å². The van der Waals surface area contributed by atoms with Gasteiger partial charge in [-0.2, -0.15) is 0 Å². The molecule has 0 fully saturated rings. The van der Waals surface area contributed by atoms with Crippen molar-refractivity contribution in [3.63, 3.8) is 0 Å². The zero-order valence-electron chi connectivity index (χ0n) is 16.7. The first-order valence-corrected chi connectivity index (χ1v) is 11.5. The molecule has 0 aliphatic heterocycles. The molecule has 0 radical (unpaired) electrons. The lowest BCUT2D eigenvalue weighted by Crippen LogP contribution is -2.14. The second kappa shape index (κ2) is 8.24. The third kappa shape index (κ3) is 4.36. The monoisotopic (exact) mass is 425 g/mol. The molecule has 1 amide bonds. The first-order chi connectivity index (χ1) is 13.9. The van der Waals surface area contributed by atoms with E-state index < -0.39 is 0 Å². The van der Waals surface area contributed by atoms with Gasteiger partial charge in [0, 0.05) is 21.5 Å². The summed E-state index contributed by atoms with van der Waals surface area (Å²) in [5, 5.41) is 4.91. The number of thiophene rings is 1. The molecule has 7 heteroatoms. The molecule has 0 saturated heterocycles. The standard InChI is InChI=1S/C22H23N3O2S2/c1-12-7-8-17-18(9-12)29-22-20(17)21(23-14(3)24-22)28-11-19(27)25-16-6-4-5-15(10-16)13(2)26/h4-6,10,12H,7-9,11H2,1-3H3,(H,25,27)/t12-/m0/s1. The van der Waals surface area contributed by atoms with Crippen LogP contribution in [0.15, 0.2) is 29.3 Å². The van der Waals surface area contributed by atoms with Crippen LogP contribution in [0.1, 0.15) is 46.9 Å². The third-order valence-corrected chi connectivity index (χ3v) is 7.25. The van der Waals surface area contributed by atoms with Crippen molar-refractivity contribution in [1.82, 2.24) is 9.97 Å². The van der Waals surface area contributed by atoms with Crippen molar-refractivity contribution in [3.8, 4) is 0 Å². The Morgan fingerprint density at radius 1 is 1.31 bits per heavy atom. The van der Waals surface area contributed by atoms with Crippen LogP contribution in [0.5, 0.6) is 0 Å². The number of Topliss-reactive ketones (excluding diaryl/α,β-unsaturated/α-hetero) is 1. The van der Waals surface area contributed by atoms with E-state index in [-0.39, 0.29) is 17.4 Å². The van der Waals surface area contributed by atoms with Crippen LogP contribution in [0.3, 0.4) is 0 Å². The van der Waals surface area contributed by atoms with Gasteiger partial charge in [-0.15, -0.1) is 11.3 Å². The van der Waals surface area contributed by atoms with Gasteiger partial charge < -0.3 is 5.32 Å². The Labute approximate surface area is 178 Å². The van der Waals surface area contributed by atoms with Gasteiger partial charge in [0.25, 0.3) is 0 Å². The molecule has 5 nitrogen and oxygen atoms in total. The van der Waals surface area contributed by atoms with Crippen LogP contribution >= 0.6 is 23.1 Å². The number of ketones is 1. The highest BCUT2D eigenvalue weighted by Gasteiger charge is 2.24. The minimum absolute atomic E-state index is 0.0223. The van der Waals surface area contributed by atoms with Gasteiger partial charge in [0.15, 0.2) is 5.78 Å². The first kappa shape index (κ1) is 20.0. The number of aryl methyl sites for hydroxylation is 2. The molecule has 1 atom stereocenters. The number of fused-ring (bicyclic) bond motifs is 3. The number of nitrogens with zero attached hydrogens (tertiary/aromatic N) is 2. The van der Waals surface area contributed by atoms with E-state index in [0.29, 0.717) is 17.2 Å². The molecule has 4 rings (SSSR count). The van der Waals surface area contributed by atoms with Crippen LogP contribution in [0.4, 0.5) is 5.69 Å². The molecule has 1 N–H and O–H groups in total. The summed E-state index contributed by atoms with van der Waals surface area (Å²) in [7, 11) is 0. The molecule has 0 spiro atoms. The van der Waals surface area contributed by atoms with Crippen molar-refractivity contribution < 1.29 is 9.59 Å². The Balaban J connectivity index is 1.53. The fraction of sp³-hybridized carbons (Fsp3) is 0.364. The summed E-state index contributed by atoms with van der Waals surface area (Å²) in [6.45, 7) is 5.71. The topological polar surface area (TPSA) is 72.0 Å². The SMILES string of the molecule is CC(=O)c1cccc(NC(=O)CSc2nc(C)nc3sc4c(c23)CC[C@H](C)C4)c1. The molecule has 0 bridgehead atoms. The summed E-state index contributed by atoms with van der Waals surface area (Å²) < 4.78 is 0. The molecule has 1 aromatic carbocycles. The Morgan fingerprint density at radius 3 is 2.93 bits per heavy atom. The summed E-state index contributed by atoms with van der Waals surface area (Å²) in [5.41, 5.74) is 2.59. The van der Waals surface area contributed by atoms with E-state index in [1.54, 1.807) is 35.6 Å². The molecule has 2 heterocycles. The highest BCUT2D eigenvalue weighted by Crippen LogP contribution is 2.40. The number of hydrogen-bond donors (Lipinski definition) is 1. The number of rotatable bonds is 5. The summed E-state index contributed by atoms with van der Waals surface area (Å²) in [5.74, 6) is 1.57. The van der Waals surface area contributed by atoms with E-state index in [0.717, 1.165) is 33.9 Å². The molecule has 150 valence electrons. The number of benzene rings is 1. The van der Waals surface area contributed by atoms with Crippen LogP contribution < -0.4 is 5.32 Å². The van der Waals surface area contributed by atoms with Crippen LogP contribution in [-0.4, -0.2) is 27.4 Å². The minimum Gasteiger partial charge on any atom is -0.325 e. The Morgan fingerprint density at radius 2 is 2.14 bits per heavy atom. The molecule has 2 aromatic heterocycles. The van der Waals surface area contributed by atoms with Gasteiger partial charge >= 0.3 is 0 Å². The predicted molar refractivity (Wildman–Crippen MR) is 119 cm³/mol. The predicted octanol–water partition coefficient (Wildman–Crippen LogP) is 5.06. The number of carbonyl (C=O) groups is 2. The Bertz CT molecular complexity index is 1110. The number of aromatic nitrogens is 2. The van der Waals surface area contributed by atoms with Gasteiger partial charge in [-0.3, -0.25) is 9.59 Å². The van der Waals surface area contributed by atoms with E-state index in [4.69, 9.17) is 0 Å². The van der Waals surface area contributed by atoms with Crippen molar-refractivity contribution in [2.75, 3.05) is 11.1 Å². The maximum atomic E-state index is 12.5. The van der Waals surface area contributed by atoms with Crippen molar-refractivity contribution in [3.05, 3.63) is 46.1 Å². The first-order valence-electron chi connectivity index (χ1n) is 9.73. The number of hydrogen-bond acceptors (Lipinski definition) is 6. The van der Waals surface area contributed by atoms with Gasteiger partial charge in [0.05, 0.1) is 5.75 Å². The minimum atomic E-state index is -0.113. The zero-order valence-corrected chi connectivity index (χ0v) is 18.4. The summed E-state index contributed by atoms with van der Waals surface area (Å²) >= 11 is 3.23. The summed E-state index contributed by atoms with van der Waals surface area (Å²) in [6.07, 6.45) is 3.34. The summed E-state index contributed by atoms with van der Waals surface area (Å²) in [6, 6.07) is 7.01. The van der Waals surface area contributed by atoms with Crippen molar-refractivity contribution in [2.45, 2.75) is 45.1 Å². The van der Waals surface area contributed by atoms with E-state index >= 15 is 0 Å². The van der Waals surface area contributed by atoms with Gasteiger partial charge in [-0.25, -0.2) is 9.97 Å². The van der Waals surface area contributed by atoms with E-state index in [9.17, 15) is 9.59 Å². The zero-order chi connectivity index (χ0) is 20.5. The largest absolute Gasteiger partial charge is 0.325 e. The second-order valence-corrected chi connectivity index (χ2v) is 9.63. The van der Waals surface area contributed by atoms with Gasteiger partial charge in [0.1, 0.15) is 15.7 Å². The average Bonchev–Trinajstić information content (AvgIpc) is 3.03. The maximum absolute atomic E-state index is 12.5. The molecule has 0 saturated carbocycles. The van der Waals surface area contributed by atoms with Crippen molar-refractivity contribution in [2.24, 2.45) is 5.92 Å². The normalized spacial score (nSPS) is 15.9. The average molecular weight is 426 g/mol. The van der Waals surface area contributed by atoms with Crippen LogP contribution in [-0.2, 0) is 17.6 Å². The lowest BCUT2D eigenvalue weighted by molar-refractivity contribution is -0.113. The molecule has 1 aliphatic carbocycles. The van der Waals surface area contributed by atoms with Crippen molar-refractivity contribution >= 4 is 50.7 Å². The Kier molecular flexibility index (Phi) is 5.69. The molecule has 0 unspecified atom stereocenters. The number of nitrogens with one attached hydrogen (secondary N) is 1. The molecule has 29 heavy (non-hydrogen) atoms. The second-order valence-electron chi connectivity index (χ2n) is 7.58. The Hall–Kier alpha value is -2.25. The van der Waals surface area contributed by atoms with Gasteiger partial charge in [-0.1, -0.05) is 30.8 Å². The molecule has 3 aromatic rings. The van der Waals surface area contributed by atoms with E-state index in [1.165, 1.54) is 35.5 Å². The van der Waals surface area contributed by atoms with Crippen LogP contribution in [0.25, 0.3) is 10.2 Å². The van der Waals surface area contributed by atoms with Gasteiger partial charge in [0.2, 0.25) is 5.91 Å². The van der Waals surface area contributed by atoms with Crippen LogP contribution in [0.2, 0.25) is 0 Å². The fourth-order valence-electron chi connectivity index (χ4n) is 3.66. The molecular formula is C22H23N3O2S2. The third-order valence-electron chi connectivity index (χ3n) is 5.13. The highest BCUT2D eigenvalue weighted by molar-refractivity contribution is 8.00. The van der Waals surface area contributed by atoms with Crippen molar-refractivity contribution in [1.29, 1.82) is 0 Å².